The number of ketones is 2. The van der Waals surface area contributed by atoms with Crippen molar-refractivity contribution in [2.24, 2.45) is 0 Å². The number of Topliss-reactive ketones (excluding diaryl/α,β-unsaturated/α-hetero) is 2. The molecule has 4 nitrogen and oxygen atoms in total. The van der Waals surface area contributed by atoms with E-state index in [0.29, 0.717) is 11.5 Å². The second-order valence-corrected chi connectivity index (χ2v) is 3.34. The van der Waals surface area contributed by atoms with Gasteiger partial charge in [0.25, 0.3) is 0 Å². The smallest absolute Gasteiger partial charge is 0.231 e. The summed E-state index contributed by atoms with van der Waals surface area (Å²) in [6.45, 7) is 1.48. The third-order valence-corrected chi connectivity index (χ3v) is 2.19. The van der Waals surface area contributed by atoms with Crippen LogP contribution in [-0.2, 0) is 16.0 Å². The van der Waals surface area contributed by atoms with Crippen molar-refractivity contribution >= 4 is 11.6 Å². The molecule has 0 bridgehead atoms. The topological polar surface area (TPSA) is 52.6 Å². The Labute approximate surface area is 86.8 Å². The van der Waals surface area contributed by atoms with Crippen LogP contribution in [0, 0.1) is 0 Å². The molecule has 0 amide bonds. The van der Waals surface area contributed by atoms with Gasteiger partial charge in [0.1, 0.15) is 0 Å². The number of fused-ring (bicyclic) bond motifs is 1. The van der Waals surface area contributed by atoms with Crippen molar-refractivity contribution in [3.63, 3.8) is 0 Å². The molecule has 0 N–H and O–H groups in total. The molecule has 0 unspecified atom stereocenters. The quantitative estimate of drug-likeness (QED) is 0.695. The Hall–Kier alpha value is -1.84. The number of benzene rings is 1. The highest BCUT2D eigenvalue weighted by Crippen LogP contribution is 2.32. The van der Waals surface area contributed by atoms with Crippen LogP contribution in [0.15, 0.2) is 18.2 Å². The van der Waals surface area contributed by atoms with Gasteiger partial charge < -0.3 is 9.47 Å². The summed E-state index contributed by atoms with van der Waals surface area (Å²) in [6, 6.07) is 5.22. The van der Waals surface area contributed by atoms with Crippen LogP contribution in [0.2, 0.25) is 0 Å². The Bertz CT molecular complexity index is 423. The van der Waals surface area contributed by atoms with Crippen LogP contribution < -0.4 is 9.47 Å². The minimum absolute atomic E-state index is 0.117. The average molecular weight is 206 g/mol. The van der Waals surface area contributed by atoms with Crippen molar-refractivity contribution in [2.45, 2.75) is 13.3 Å². The molecule has 0 fully saturated rings. The first-order chi connectivity index (χ1) is 7.16. The molecule has 15 heavy (non-hydrogen) atoms. The zero-order valence-electron chi connectivity index (χ0n) is 8.28. The second-order valence-electron chi connectivity index (χ2n) is 3.34. The number of carbonyl (C=O) groups excluding carboxylic acids is 2. The summed E-state index contributed by atoms with van der Waals surface area (Å²) in [5.41, 5.74) is 0.763. The maximum Gasteiger partial charge on any atom is 0.231 e. The van der Waals surface area contributed by atoms with Crippen LogP contribution in [-0.4, -0.2) is 18.4 Å². The van der Waals surface area contributed by atoms with Crippen LogP contribution in [0.5, 0.6) is 11.5 Å². The van der Waals surface area contributed by atoms with E-state index in [1.54, 1.807) is 18.2 Å². The molecule has 4 heteroatoms. The summed E-state index contributed by atoms with van der Waals surface area (Å²) < 4.78 is 10.3. The molecule has 2 rings (SSSR count). The maximum atomic E-state index is 11.2. The molecule has 1 heterocycles. The molecule has 1 aromatic rings. The fraction of sp³-hybridized carbons (Fsp3) is 0.273. The molecule has 0 saturated heterocycles. The van der Waals surface area contributed by atoms with E-state index in [9.17, 15) is 9.59 Å². The zero-order valence-corrected chi connectivity index (χ0v) is 8.28. The Morgan fingerprint density at radius 3 is 2.73 bits per heavy atom. The SMILES string of the molecule is CC(=O)C(=O)Cc1ccc2c(c1)OCO2. The van der Waals surface area contributed by atoms with Crippen LogP contribution in [0.1, 0.15) is 12.5 Å². The molecule has 0 aromatic heterocycles. The highest BCUT2D eigenvalue weighted by Gasteiger charge is 2.15. The normalized spacial score (nSPS) is 12.6. The van der Waals surface area contributed by atoms with Gasteiger partial charge in [-0.15, -0.1) is 0 Å². The Morgan fingerprint density at radius 2 is 2.00 bits per heavy atom. The molecule has 1 aliphatic heterocycles. The summed E-state index contributed by atoms with van der Waals surface area (Å²) in [5, 5.41) is 0. The van der Waals surface area contributed by atoms with Gasteiger partial charge in [0.05, 0.1) is 0 Å². The van der Waals surface area contributed by atoms with E-state index in [-0.39, 0.29) is 13.2 Å². The molecular weight excluding hydrogens is 196 g/mol. The maximum absolute atomic E-state index is 11.2. The number of ether oxygens (including phenoxy) is 2. The van der Waals surface area contributed by atoms with Gasteiger partial charge in [-0.3, -0.25) is 9.59 Å². The predicted molar refractivity (Wildman–Crippen MR) is 52.0 cm³/mol. The molecule has 1 aliphatic rings. The summed E-state index contributed by atoms with van der Waals surface area (Å²) in [6.07, 6.45) is 0.117. The van der Waals surface area contributed by atoms with E-state index in [4.69, 9.17) is 9.47 Å². The highest BCUT2D eigenvalue weighted by atomic mass is 16.7. The van der Waals surface area contributed by atoms with Crippen molar-refractivity contribution in [2.75, 3.05) is 6.79 Å². The van der Waals surface area contributed by atoms with Gasteiger partial charge in [-0.25, -0.2) is 0 Å². The van der Waals surface area contributed by atoms with E-state index in [0.717, 1.165) is 5.56 Å². The minimum Gasteiger partial charge on any atom is -0.454 e. The first-order valence-electron chi connectivity index (χ1n) is 4.59. The summed E-state index contributed by atoms with van der Waals surface area (Å²) >= 11 is 0. The first kappa shape index (κ1) is 9.71. The van der Waals surface area contributed by atoms with Crippen LogP contribution in [0.3, 0.4) is 0 Å². The molecule has 0 atom stereocenters. The Morgan fingerprint density at radius 1 is 1.27 bits per heavy atom. The van der Waals surface area contributed by atoms with Gasteiger partial charge in [0, 0.05) is 13.3 Å². The van der Waals surface area contributed by atoms with Crippen LogP contribution in [0.4, 0.5) is 0 Å². The molecule has 0 aliphatic carbocycles. The predicted octanol–water partition coefficient (Wildman–Crippen LogP) is 1.12. The molecular formula is C11H10O4. The lowest BCUT2D eigenvalue weighted by atomic mass is 10.1. The van der Waals surface area contributed by atoms with Crippen molar-refractivity contribution < 1.29 is 19.1 Å². The molecule has 0 spiro atoms. The Kier molecular flexibility index (Phi) is 2.41. The summed E-state index contributed by atoms with van der Waals surface area (Å²) in [7, 11) is 0. The first-order valence-corrected chi connectivity index (χ1v) is 4.59. The lowest BCUT2D eigenvalue weighted by Crippen LogP contribution is -2.12. The molecule has 0 radical (unpaired) electrons. The monoisotopic (exact) mass is 206 g/mol. The third-order valence-electron chi connectivity index (χ3n) is 2.19. The Balaban J connectivity index is 2.17. The summed E-state index contributed by atoms with van der Waals surface area (Å²) in [5.74, 6) is 0.486. The summed E-state index contributed by atoms with van der Waals surface area (Å²) in [4.78, 5) is 22.0. The van der Waals surface area contributed by atoms with Gasteiger partial charge in [-0.1, -0.05) is 6.07 Å². The fourth-order valence-electron chi connectivity index (χ4n) is 1.36. The molecule has 1 aromatic carbocycles. The van der Waals surface area contributed by atoms with Gasteiger partial charge in [-0.2, -0.15) is 0 Å². The highest BCUT2D eigenvalue weighted by molar-refractivity contribution is 6.36. The van der Waals surface area contributed by atoms with Crippen LogP contribution in [0.25, 0.3) is 0 Å². The third kappa shape index (κ3) is 1.98. The fourth-order valence-corrected chi connectivity index (χ4v) is 1.36. The van der Waals surface area contributed by atoms with Crippen molar-refractivity contribution in [3.8, 4) is 11.5 Å². The minimum atomic E-state index is -0.423. The number of rotatable bonds is 3. The lowest BCUT2D eigenvalue weighted by Gasteiger charge is -2.00. The van der Waals surface area contributed by atoms with Crippen molar-refractivity contribution in [1.29, 1.82) is 0 Å². The van der Waals surface area contributed by atoms with E-state index in [2.05, 4.69) is 0 Å². The molecule has 78 valence electrons. The second kappa shape index (κ2) is 3.73. The zero-order chi connectivity index (χ0) is 10.8. The van der Waals surface area contributed by atoms with Gasteiger partial charge in [-0.05, 0) is 17.7 Å². The van der Waals surface area contributed by atoms with Crippen molar-refractivity contribution in [3.05, 3.63) is 23.8 Å². The van der Waals surface area contributed by atoms with E-state index in [1.807, 2.05) is 0 Å². The number of carbonyl (C=O) groups is 2. The van der Waals surface area contributed by atoms with Crippen LogP contribution >= 0.6 is 0 Å². The van der Waals surface area contributed by atoms with E-state index >= 15 is 0 Å². The average Bonchev–Trinajstić information content (AvgIpc) is 2.64. The van der Waals surface area contributed by atoms with Crippen molar-refractivity contribution in [1.82, 2.24) is 0 Å². The lowest BCUT2D eigenvalue weighted by molar-refractivity contribution is -0.134. The van der Waals surface area contributed by atoms with Gasteiger partial charge in [0.2, 0.25) is 12.6 Å². The number of hydrogen-bond donors (Lipinski definition) is 0. The number of hydrogen-bond acceptors (Lipinski definition) is 4. The molecule has 0 saturated carbocycles. The van der Waals surface area contributed by atoms with Gasteiger partial charge >= 0.3 is 0 Å². The van der Waals surface area contributed by atoms with Gasteiger partial charge in [0.15, 0.2) is 17.3 Å². The van der Waals surface area contributed by atoms with E-state index < -0.39 is 11.6 Å². The largest absolute Gasteiger partial charge is 0.454 e. The standard InChI is InChI=1S/C11H10O4/c1-7(12)9(13)4-8-2-3-10-11(5-8)15-6-14-10/h2-3,5H,4,6H2,1H3. The van der Waals surface area contributed by atoms with E-state index in [1.165, 1.54) is 6.92 Å².